The van der Waals surface area contributed by atoms with Crippen LogP contribution in [-0.2, 0) is 29.7 Å². The maximum absolute atomic E-state index is 13.2. The minimum atomic E-state index is -0.190. The van der Waals surface area contributed by atoms with E-state index in [1.54, 1.807) is 7.11 Å². The molecule has 0 radical (unpaired) electrons. The van der Waals surface area contributed by atoms with Gasteiger partial charge in [-0.3, -0.25) is 0 Å². The molecule has 0 spiro atoms. The summed E-state index contributed by atoms with van der Waals surface area (Å²) in [4.78, 5) is 13.2. The summed E-state index contributed by atoms with van der Waals surface area (Å²) in [7, 11) is 3.63. The molecule has 182 valence electrons. The van der Waals surface area contributed by atoms with E-state index in [2.05, 4.69) is 31.4 Å². The van der Waals surface area contributed by atoms with Gasteiger partial charge in [0.1, 0.15) is 6.10 Å². The van der Waals surface area contributed by atoms with Crippen LogP contribution in [-0.4, -0.2) is 23.8 Å². The molecule has 6 heteroatoms. The normalized spacial score (nSPS) is 20.5. The Morgan fingerprint density at radius 3 is 2.53 bits per heavy atom. The van der Waals surface area contributed by atoms with Crippen LogP contribution in [0.25, 0.3) is 11.0 Å². The molecule has 3 atom stereocenters. The molecule has 3 aromatic rings. The molecule has 1 aliphatic carbocycles. The first kappa shape index (κ1) is 24.1. The molecule has 0 saturated heterocycles. The van der Waals surface area contributed by atoms with Gasteiger partial charge in [0.15, 0.2) is 35.7 Å². The van der Waals surface area contributed by atoms with Crippen LogP contribution in [0.2, 0.25) is 0 Å². The molecule has 0 aliphatic heterocycles. The average Bonchev–Trinajstić information content (AvgIpc) is 3.08. The molecule has 1 aliphatic rings. The first-order chi connectivity index (χ1) is 16.4. The quantitative estimate of drug-likeness (QED) is 0.345. The van der Waals surface area contributed by atoms with Gasteiger partial charge in [-0.25, -0.2) is 13.9 Å². The summed E-state index contributed by atoms with van der Waals surface area (Å²) < 4.78 is 21.8. The van der Waals surface area contributed by atoms with Gasteiger partial charge in [-0.2, -0.15) is 0 Å². The molecule has 0 amide bonds. The van der Waals surface area contributed by atoms with Crippen molar-refractivity contribution in [2.45, 2.75) is 59.3 Å². The summed E-state index contributed by atoms with van der Waals surface area (Å²) in [5.41, 5.74) is 2.03. The fourth-order valence-electron chi connectivity index (χ4n) is 5.25. The minimum Gasteiger partial charge on any atom is -0.493 e. The Balaban J connectivity index is 1.58. The fourth-order valence-corrected chi connectivity index (χ4v) is 5.25. The Morgan fingerprint density at radius 2 is 1.79 bits per heavy atom. The van der Waals surface area contributed by atoms with E-state index in [0.29, 0.717) is 35.9 Å². The molecule has 1 fully saturated rings. The zero-order valence-electron chi connectivity index (χ0n) is 21.0. The molecule has 4 rings (SSSR count). The number of imidazole rings is 1. The Kier molecular flexibility index (Phi) is 7.44. The average molecular weight is 466 g/mol. The second kappa shape index (κ2) is 10.5. The zero-order chi connectivity index (χ0) is 24.2. The lowest BCUT2D eigenvalue weighted by Crippen LogP contribution is -2.37. The van der Waals surface area contributed by atoms with Crippen LogP contribution in [0.5, 0.6) is 11.5 Å². The Labute approximate surface area is 202 Å². The van der Waals surface area contributed by atoms with Crippen molar-refractivity contribution < 1.29 is 23.6 Å². The second-order valence-corrected chi connectivity index (χ2v) is 9.84. The number of fused-ring (bicyclic) bond motifs is 1. The van der Waals surface area contributed by atoms with Crippen LogP contribution in [0, 0.1) is 17.8 Å². The number of nitrogens with zero attached hydrogens (tertiary/aromatic N) is 2. The predicted octanol–water partition coefficient (Wildman–Crippen LogP) is 5.06. The third-order valence-electron chi connectivity index (χ3n) is 7.19. The van der Waals surface area contributed by atoms with Crippen molar-refractivity contribution in [2.24, 2.45) is 24.8 Å². The number of para-hydroxylation sites is 4. The number of carbonyl (C=O) groups excluding carboxylic acids is 1. The summed E-state index contributed by atoms with van der Waals surface area (Å²) in [5.74, 6) is 3.55. The van der Waals surface area contributed by atoms with Crippen LogP contribution >= 0.6 is 0 Å². The standard InChI is InChI=1S/C28H37N2O4/c1-19(2)21-15-14-20(3)16-26(21)34-28(31)17-30-23-11-7-6-10-22(23)29(4)27(30)18-33-25-13-9-8-12-24(25)32-5/h6-13,19-21,26H,14-18H2,1-5H3/q+1/t20-,21+,26-/m1/s1. The van der Waals surface area contributed by atoms with E-state index < -0.39 is 0 Å². The SMILES string of the molecule is COc1ccccc1OCc1n(CC(=O)O[C@@H]2C[C@H](C)CC[C@H]2C(C)C)c2ccccc2[n+]1C. The van der Waals surface area contributed by atoms with Gasteiger partial charge in [0.25, 0.3) is 5.82 Å². The fraction of sp³-hybridized carbons (Fsp3) is 0.500. The molecule has 0 bridgehead atoms. The van der Waals surface area contributed by atoms with Crippen LogP contribution in [0.3, 0.4) is 0 Å². The van der Waals surface area contributed by atoms with Gasteiger partial charge in [-0.1, -0.05) is 51.5 Å². The Bertz CT molecular complexity index is 1140. The number of rotatable bonds is 8. The third kappa shape index (κ3) is 5.06. The smallest absolute Gasteiger partial charge is 0.348 e. The summed E-state index contributed by atoms with van der Waals surface area (Å²) in [6.45, 7) is 7.17. The van der Waals surface area contributed by atoms with Gasteiger partial charge in [0, 0.05) is 0 Å². The van der Waals surface area contributed by atoms with Crippen molar-refractivity contribution in [1.29, 1.82) is 0 Å². The summed E-state index contributed by atoms with van der Waals surface area (Å²) in [6.07, 6.45) is 3.26. The Hall–Kier alpha value is -3.02. The number of methoxy groups -OCH3 is 1. The molecule has 0 N–H and O–H groups in total. The highest BCUT2D eigenvalue weighted by atomic mass is 16.5. The van der Waals surface area contributed by atoms with E-state index in [1.165, 1.54) is 6.42 Å². The lowest BCUT2D eigenvalue weighted by atomic mass is 9.75. The molecule has 34 heavy (non-hydrogen) atoms. The molecule has 1 saturated carbocycles. The number of esters is 1. The molecule has 1 aromatic heterocycles. The van der Waals surface area contributed by atoms with Crippen LogP contribution < -0.4 is 14.0 Å². The van der Waals surface area contributed by atoms with E-state index >= 15 is 0 Å². The van der Waals surface area contributed by atoms with E-state index in [9.17, 15) is 4.79 Å². The van der Waals surface area contributed by atoms with Crippen LogP contribution in [0.15, 0.2) is 48.5 Å². The van der Waals surface area contributed by atoms with Gasteiger partial charge in [0.05, 0.1) is 14.2 Å². The van der Waals surface area contributed by atoms with Gasteiger partial charge in [-0.05, 0) is 54.9 Å². The van der Waals surface area contributed by atoms with Crippen LogP contribution in [0.1, 0.15) is 45.9 Å². The third-order valence-corrected chi connectivity index (χ3v) is 7.19. The molecular formula is C28H37N2O4+. The number of carbonyl (C=O) groups is 1. The van der Waals surface area contributed by atoms with Crippen molar-refractivity contribution in [1.82, 2.24) is 4.57 Å². The maximum atomic E-state index is 13.2. The molecular weight excluding hydrogens is 428 g/mol. The van der Waals surface area contributed by atoms with Crippen molar-refractivity contribution >= 4 is 17.0 Å². The Morgan fingerprint density at radius 1 is 1.09 bits per heavy atom. The molecule has 0 unspecified atom stereocenters. The highest BCUT2D eigenvalue weighted by molar-refractivity contribution is 5.76. The highest BCUT2D eigenvalue weighted by Gasteiger charge is 2.34. The number of aryl methyl sites for hydroxylation is 1. The number of hydrogen-bond donors (Lipinski definition) is 0. The van der Waals surface area contributed by atoms with E-state index in [4.69, 9.17) is 14.2 Å². The number of ether oxygens (including phenoxy) is 3. The van der Waals surface area contributed by atoms with Gasteiger partial charge >= 0.3 is 5.97 Å². The highest BCUT2D eigenvalue weighted by Crippen LogP contribution is 2.35. The zero-order valence-corrected chi connectivity index (χ0v) is 21.0. The molecule has 1 heterocycles. The van der Waals surface area contributed by atoms with Gasteiger partial charge in [-0.15, -0.1) is 0 Å². The summed E-state index contributed by atoms with van der Waals surface area (Å²) >= 11 is 0. The minimum absolute atomic E-state index is 0.0138. The lowest BCUT2D eigenvalue weighted by Gasteiger charge is -2.36. The van der Waals surface area contributed by atoms with Gasteiger partial charge < -0.3 is 14.2 Å². The van der Waals surface area contributed by atoms with Crippen molar-refractivity contribution in [3.05, 3.63) is 54.4 Å². The lowest BCUT2D eigenvalue weighted by molar-refractivity contribution is -0.655. The topological polar surface area (TPSA) is 53.6 Å². The molecule has 6 nitrogen and oxygen atoms in total. The summed E-state index contributed by atoms with van der Waals surface area (Å²) in [6, 6.07) is 15.7. The maximum Gasteiger partial charge on any atom is 0.348 e. The number of hydrogen-bond acceptors (Lipinski definition) is 4. The first-order valence-electron chi connectivity index (χ1n) is 12.3. The van der Waals surface area contributed by atoms with Crippen molar-refractivity contribution in [3.8, 4) is 11.5 Å². The predicted molar refractivity (Wildman–Crippen MR) is 132 cm³/mol. The number of benzene rings is 2. The monoisotopic (exact) mass is 465 g/mol. The van der Waals surface area contributed by atoms with E-state index in [-0.39, 0.29) is 18.6 Å². The van der Waals surface area contributed by atoms with Crippen molar-refractivity contribution in [2.75, 3.05) is 7.11 Å². The van der Waals surface area contributed by atoms with Gasteiger partial charge in [0.2, 0.25) is 0 Å². The van der Waals surface area contributed by atoms with E-state index in [0.717, 1.165) is 29.7 Å². The van der Waals surface area contributed by atoms with Crippen molar-refractivity contribution in [3.63, 3.8) is 0 Å². The second-order valence-electron chi connectivity index (χ2n) is 9.84. The van der Waals surface area contributed by atoms with E-state index in [1.807, 2.05) is 54.1 Å². The number of aromatic nitrogens is 2. The largest absolute Gasteiger partial charge is 0.493 e. The van der Waals surface area contributed by atoms with Crippen LogP contribution in [0.4, 0.5) is 0 Å². The summed E-state index contributed by atoms with van der Waals surface area (Å²) in [5, 5.41) is 0. The first-order valence-corrected chi connectivity index (χ1v) is 12.3. The molecule has 2 aromatic carbocycles.